The summed E-state index contributed by atoms with van der Waals surface area (Å²) in [5.41, 5.74) is 4.73. The van der Waals surface area contributed by atoms with Crippen LogP contribution in [0, 0.1) is 25.2 Å². The van der Waals surface area contributed by atoms with Gasteiger partial charge in [0.25, 0.3) is 0 Å². The van der Waals surface area contributed by atoms with E-state index in [0.717, 1.165) is 54.4 Å². The summed E-state index contributed by atoms with van der Waals surface area (Å²) in [5, 5.41) is 13.6. The third kappa shape index (κ3) is 14.4. The molecule has 0 saturated heterocycles. The number of carbonyl (C=O) groups is 2. The summed E-state index contributed by atoms with van der Waals surface area (Å²) in [7, 11) is 0. The largest absolute Gasteiger partial charge is 0.432 e. The molecule has 5 aromatic heterocycles. The number of rotatable bonds is 20. The van der Waals surface area contributed by atoms with E-state index >= 15 is 0 Å². The average molecular weight is 934 g/mol. The number of allylic oxidation sites excluding steroid dienone is 2. The standard InChI is InChI=1S/C27H29F2N7O2.C23H35F3N2O/c1-16-12-35-14-21(11-30-27(35)32-16)24-5-4-22(17(2)33-24)23-9-20(23)6-7-34(15-37)25(18(3)38)8-19-10-31-36(13-19)26(28)29;1-8-12-21(4,5)14-18(9-2)28-20(23(24,25)26)13-16(3)17-10-11-19(27-15-17)22(6,7)29/h4-5,10-15,20,23,25-26H,6-9H2,1-3H3;10-11,13,15,18,29H,8-9,12,14H2,1-7H3/b;16-13+,28-20?. The highest BCUT2D eigenvalue weighted by Gasteiger charge is 2.40. The van der Waals surface area contributed by atoms with Gasteiger partial charge in [-0.2, -0.15) is 27.1 Å². The Hall–Kier alpha value is -5.71. The van der Waals surface area contributed by atoms with Crippen LogP contribution >= 0.6 is 0 Å². The molecule has 362 valence electrons. The average Bonchev–Trinajstić information content (AvgIpc) is 3.66. The van der Waals surface area contributed by atoms with Gasteiger partial charge in [0.15, 0.2) is 5.78 Å². The van der Waals surface area contributed by atoms with E-state index < -0.39 is 30.1 Å². The molecule has 1 aliphatic carbocycles. The van der Waals surface area contributed by atoms with Gasteiger partial charge in [-0.3, -0.25) is 29.0 Å². The van der Waals surface area contributed by atoms with Gasteiger partial charge in [0.05, 0.1) is 35.4 Å². The first-order chi connectivity index (χ1) is 31.4. The van der Waals surface area contributed by atoms with Crippen LogP contribution < -0.4 is 0 Å². The Morgan fingerprint density at radius 2 is 1.72 bits per heavy atom. The normalized spacial score (nSPS) is 16.7. The fourth-order valence-electron chi connectivity index (χ4n) is 8.48. The third-order valence-electron chi connectivity index (χ3n) is 12.2. The number of amides is 1. The Morgan fingerprint density at radius 1 is 0.985 bits per heavy atom. The number of aliphatic imine (C=N–C) groups is 1. The summed E-state index contributed by atoms with van der Waals surface area (Å²) in [6.07, 6.45) is 11.9. The topological polar surface area (TPSA) is 144 Å². The van der Waals surface area contributed by atoms with Gasteiger partial charge in [0.2, 0.25) is 12.2 Å². The lowest BCUT2D eigenvalue weighted by atomic mass is 9.81. The number of pyridine rings is 2. The maximum atomic E-state index is 13.7. The molecule has 67 heavy (non-hydrogen) atoms. The number of hydrogen-bond donors (Lipinski definition) is 1. The second-order valence-electron chi connectivity index (χ2n) is 19.0. The highest BCUT2D eigenvalue weighted by molar-refractivity contribution is 6.04. The van der Waals surface area contributed by atoms with Crippen molar-refractivity contribution in [2.24, 2.45) is 16.3 Å². The third-order valence-corrected chi connectivity index (χ3v) is 12.2. The van der Waals surface area contributed by atoms with Crippen LogP contribution in [0.5, 0.6) is 0 Å². The van der Waals surface area contributed by atoms with Crippen molar-refractivity contribution in [1.29, 1.82) is 0 Å². The number of hydrogen-bond acceptors (Lipinski definition) is 9. The second kappa shape index (κ2) is 21.9. The fraction of sp³-hybridized carbons (Fsp3) is 0.520. The predicted molar refractivity (Wildman–Crippen MR) is 250 cm³/mol. The van der Waals surface area contributed by atoms with Crippen LogP contribution in [-0.4, -0.2) is 86.8 Å². The minimum absolute atomic E-state index is 0.0504. The molecule has 0 aliphatic heterocycles. The molecule has 1 fully saturated rings. The monoisotopic (exact) mass is 934 g/mol. The Bertz CT molecular complexity index is 2520. The smallest absolute Gasteiger partial charge is 0.384 e. The summed E-state index contributed by atoms with van der Waals surface area (Å²) in [6, 6.07) is 6.32. The van der Waals surface area contributed by atoms with E-state index in [9.17, 15) is 36.6 Å². The molecule has 1 saturated carbocycles. The predicted octanol–water partition coefficient (Wildman–Crippen LogP) is 10.9. The van der Waals surface area contributed by atoms with Gasteiger partial charge in [-0.25, -0.2) is 14.6 Å². The lowest BCUT2D eigenvalue weighted by Crippen LogP contribution is -2.41. The molecule has 17 heteroatoms. The van der Waals surface area contributed by atoms with E-state index in [4.69, 9.17) is 4.98 Å². The van der Waals surface area contributed by atoms with Crippen molar-refractivity contribution in [2.45, 2.75) is 151 Å². The van der Waals surface area contributed by atoms with Crippen molar-refractivity contribution in [3.05, 3.63) is 101 Å². The summed E-state index contributed by atoms with van der Waals surface area (Å²) in [6.45, 7) is 16.0. The highest BCUT2D eigenvalue weighted by Crippen LogP contribution is 2.50. The molecule has 1 N–H and O–H groups in total. The molecule has 6 rings (SSSR count). The number of nitrogens with zero attached hydrogens (tertiary/aromatic N) is 9. The van der Waals surface area contributed by atoms with Crippen molar-refractivity contribution in [2.75, 3.05) is 6.54 Å². The van der Waals surface area contributed by atoms with E-state index in [1.165, 1.54) is 36.0 Å². The number of aromatic nitrogens is 7. The number of aryl methyl sites for hydroxylation is 2. The molecular formula is C50H64F5N9O3. The highest BCUT2D eigenvalue weighted by atomic mass is 19.4. The van der Waals surface area contributed by atoms with Crippen LogP contribution in [-0.2, 0) is 21.6 Å². The van der Waals surface area contributed by atoms with E-state index in [1.807, 2.05) is 43.6 Å². The number of imidazole rings is 1. The van der Waals surface area contributed by atoms with Gasteiger partial charge < -0.3 is 10.0 Å². The van der Waals surface area contributed by atoms with Crippen LogP contribution in [0.1, 0.15) is 140 Å². The first-order valence-corrected chi connectivity index (χ1v) is 22.8. The molecule has 0 spiro atoms. The van der Waals surface area contributed by atoms with Gasteiger partial charge >= 0.3 is 12.7 Å². The van der Waals surface area contributed by atoms with Crippen molar-refractivity contribution in [1.82, 2.24) is 39.0 Å². The van der Waals surface area contributed by atoms with E-state index in [2.05, 4.69) is 51.9 Å². The second-order valence-corrected chi connectivity index (χ2v) is 19.0. The molecule has 12 nitrogen and oxygen atoms in total. The lowest BCUT2D eigenvalue weighted by molar-refractivity contribution is -0.130. The zero-order valence-corrected chi connectivity index (χ0v) is 40.2. The Kier molecular flexibility index (Phi) is 17.1. The first kappa shape index (κ1) is 52.3. The maximum Gasteiger partial charge on any atom is 0.432 e. The van der Waals surface area contributed by atoms with Crippen LogP contribution in [0.25, 0.3) is 22.6 Å². The number of ketones is 1. The van der Waals surface area contributed by atoms with E-state index in [-0.39, 0.29) is 23.7 Å². The molecule has 0 aromatic carbocycles. The van der Waals surface area contributed by atoms with Crippen molar-refractivity contribution >= 4 is 29.3 Å². The minimum Gasteiger partial charge on any atom is -0.384 e. The van der Waals surface area contributed by atoms with Crippen LogP contribution in [0.15, 0.2) is 72.5 Å². The molecule has 0 bridgehead atoms. The lowest BCUT2D eigenvalue weighted by Gasteiger charge is -2.27. The zero-order valence-electron chi connectivity index (χ0n) is 40.2. The summed E-state index contributed by atoms with van der Waals surface area (Å²) in [4.78, 5) is 47.5. The summed E-state index contributed by atoms with van der Waals surface area (Å²) in [5.74, 6) is 1.19. The van der Waals surface area contributed by atoms with E-state index in [1.54, 1.807) is 39.1 Å². The SMILES string of the molecule is CC(=O)C(Cc1cnn(C(F)F)c1)N(C=O)CCC1CC1c1ccc(-c2cnc3nc(C)cn3c2)nc1C.CCCC(C)(C)CC(CC)N=C(/C=C(\C)c1ccc(C(C)(C)O)nc1)C(F)(F)F. The number of fused-ring (bicyclic) bond motifs is 1. The van der Waals surface area contributed by atoms with Crippen LogP contribution in [0.4, 0.5) is 22.0 Å². The first-order valence-electron chi connectivity index (χ1n) is 22.8. The summed E-state index contributed by atoms with van der Waals surface area (Å²) < 4.78 is 69.1. The fourth-order valence-corrected chi connectivity index (χ4v) is 8.48. The van der Waals surface area contributed by atoms with Gasteiger partial charge in [-0.15, -0.1) is 0 Å². The van der Waals surface area contributed by atoms with Gasteiger partial charge in [-0.05, 0) is 131 Å². The molecule has 1 amide bonds. The number of alkyl halides is 5. The van der Waals surface area contributed by atoms with Gasteiger partial charge in [-0.1, -0.05) is 46.2 Å². The molecule has 5 heterocycles. The maximum absolute atomic E-state index is 13.7. The molecule has 1 aliphatic rings. The van der Waals surface area contributed by atoms with Gasteiger partial charge in [0, 0.05) is 55.2 Å². The molecule has 5 aromatic rings. The zero-order chi connectivity index (χ0) is 49.4. The Balaban J connectivity index is 0.000000262. The number of Topliss-reactive ketones (excluding diaryl/α,β-unsaturated/α-hetero) is 1. The number of aliphatic hydroxyl groups is 1. The van der Waals surface area contributed by atoms with Crippen LogP contribution in [0.3, 0.4) is 0 Å². The van der Waals surface area contributed by atoms with Gasteiger partial charge in [0.1, 0.15) is 11.3 Å². The summed E-state index contributed by atoms with van der Waals surface area (Å²) >= 11 is 0. The van der Waals surface area contributed by atoms with E-state index in [0.29, 0.717) is 70.5 Å². The number of halogens is 5. The minimum atomic E-state index is -4.52. The van der Waals surface area contributed by atoms with Crippen molar-refractivity contribution < 1.29 is 36.6 Å². The Morgan fingerprint density at radius 3 is 2.28 bits per heavy atom. The molecule has 4 atom stereocenters. The molecule has 4 unspecified atom stereocenters. The molecular weight excluding hydrogens is 870 g/mol. The Labute approximate surface area is 389 Å². The molecule has 0 radical (unpaired) electrons. The van der Waals surface area contributed by atoms with Crippen molar-refractivity contribution in [3.8, 4) is 11.3 Å². The number of carbonyl (C=O) groups excluding carboxylic acids is 2. The van der Waals surface area contributed by atoms with Crippen LogP contribution in [0.2, 0.25) is 0 Å². The quantitative estimate of drug-likeness (QED) is 0.0461. The van der Waals surface area contributed by atoms with Crippen molar-refractivity contribution in [3.63, 3.8) is 0 Å².